The van der Waals surface area contributed by atoms with Gasteiger partial charge in [-0.2, -0.15) is 0 Å². The minimum Gasteiger partial charge on any atom is -0.497 e. The molecule has 0 saturated heterocycles. The van der Waals surface area contributed by atoms with Crippen molar-refractivity contribution < 1.29 is 19.4 Å². The number of carbonyl (C=O) groups excluding carboxylic acids is 1. The quantitative estimate of drug-likeness (QED) is 0.788. The summed E-state index contributed by atoms with van der Waals surface area (Å²) in [5.41, 5.74) is 0.556. The summed E-state index contributed by atoms with van der Waals surface area (Å²) in [6, 6.07) is 5.07. The molecule has 1 aromatic rings. The van der Waals surface area contributed by atoms with E-state index in [-0.39, 0.29) is 18.8 Å². The maximum atomic E-state index is 11.6. The van der Waals surface area contributed by atoms with E-state index in [1.165, 1.54) is 0 Å². The molecule has 1 aliphatic heterocycles. The Balaban J connectivity index is 2.37. The highest BCUT2D eigenvalue weighted by atomic mass is 16.5. The summed E-state index contributed by atoms with van der Waals surface area (Å²) in [5, 5.41) is 8.95. The number of carbonyl (C=O) groups is 1. The number of methoxy groups -OCH3 is 1. The van der Waals surface area contributed by atoms with Crippen molar-refractivity contribution in [2.24, 2.45) is 0 Å². The molecule has 1 aliphatic rings. The van der Waals surface area contributed by atoms with Gasteiger partial charge < -0.3 is 14.6 Å². The molecular formula is C11H12O4. The van der Waals surface area contributed by atoms with Crippen LogP contribution in [0, 0.1) is 0 Å². The van der Waals surface area contributed by atoms with E-state index in [1.807, 2.05) is 0 Å². The van der Waals surface area contributed by atoms with E-state index < -0.39 is 6.10 Å². The SMILES string of the molecule is COc1ccc2c(c1)OC(CO)CC2=O. The van der Waals surface area contributed by atoms with Gasteiger partial charge in [-0.1, -0.05) is 0 Å². The fourth-order valence-corrected chi connectivity index (χ4v) is 1.60. The molecule has 15 heavy (non-hydrogen) atoms. The molecule has 1 unspecified atom stereocenters. The molecule has 0 amide bonds. The van der Waals surface area contributed by atoms with Crippen molar-refractivity contribution in [3.05, 3.63) is 23.8 Å². The van der Waals surface area contributed by atoms with Gasteiger partial charge >= 0.3 is 0 Å². The Bertz CT molecular complexity index is 386. The second-order valence-corrected chi connectivity index (χ2v) is 3.41. The van der Waals surface area contributed by atoms with Gasteiger partial charge in [-0.25, -0.2) is 0 Å². The van der Waals surface area contributed by atoms with Crippen LogP contribution in [-0.2, 0) is 0 Å². The van der Waals surface area contributed by atoms with Gasteiger partial charge in [0.25, 0.3) is 0 Å². The summed E-state index contributed by atoms with van der Waals surface area (Å²) in [5.74, 6) is 1.13. The highest BCUT2D eigenvalue weighted by molar-refractivity contribution is 6.00. The number of aliphatic hydroxyl groups excluding tert-OH is 1. The Labute approximate surface area is 87.4 Å². The molecule has 0 fully saturated rings. The average Bonchev–Trinajstić information content (AvgIpc) is 2.28. The van der Waals surface area contributed by atoms with Gasteiger partial charge in [0.1, 0.15) is 17.6 Å². The van der Waals surface area contributed by atoms with Crippen LogP contribution < -0.4 is 9.47 Å². The third kappa shape index (κ3) is 1.80. The summed E-state index contributed by atoms with van der Waals surface area (Å²) in [4.78, 5) is 11.6. The standard InChI is InChI=1S/C11H12O4/c1-14-7-2-3-9-10(13)4-8(6-12)15-11(9)5-7/h2-3,5,8,12H,4,6H2,1H3. The van der Waals surface area contributed by atoms with E-state index in [1.54, 1.807) is 25.3 Å². The molecule has 1 heterocycles. The van der Waals surface area contributed by atoms with Gasteiger partial charge in [-0.15, -0.1) is 0 Å². The van der Waals surface area contributed by atoms with Crippen LogP contribution in [0.2, 0.25) is 0 Å². The van der Waals surface area contributed by atoms with Crippen LogP contribution in [0.4, 0.5) is 0 Å². The van der Waals surface area contributed by atoms with Gasteiger partial charge in [0.2, 0.25) is 0 Å². The lowest BCUT2D eigenvalue weighted by molar-refractivity contribution is 0.0703. The molecule has 4 nitrogen and oxygen atoms in total. The Hall–Kier alpha value is -1.55. The van der Waals surface area contributed by atoms with Crippen LogP contribution in [0.25, 0.3) is 0 Å². The topological polar surface area (TPSA) is 55.8 Å². The summed E-state index contributed by atoms with van der Waals surface area (Å²) in [6.45, 7) is -0.150. The lowest BCUT2D eigenvalue weighted by Crippen LogP contribution is -2.29. The van der Waals surface area contributed by atoms with Gasteiger partial charge in [-0.05, 0) is 12.1 Å². The molecule has 80 valence electrons. The van der Waals surface area contributed by atoms with Gasteiger partial charge in [-0.3, -0.25) is 4.79 Å². The molecule has 4 heteroatoms. The minimum absolute atomic E-state index is 0.00190. The van der Waals surface area contributed by atoms with Gasteiger partial charge in [0.05, 0.1) is 25.7 Å². The first-order valence-corrected chi connectivity index (χ1v) is 4.73. The fraction of sp³-hybridized carbons (Fsp3) is 0.364. The number of fused-ring (bicyclic) bond motifs is 1. The van der Waals surface area contributed by atoms with E-state index in [0.717, 1.165) is 0 Å². The molecule has 0 aromatic heterocycles. The first-order chi connectivity index (χ1) is 7.24. The van der Waals surface area contributed by atoms with Gasteiger partial charge in [0, 0.05) is 6.07 Å². The maximum absolute atomic E-state index is 11.6. The third-order valence-corrected chi connectivity index (χ3v) is 2.40. The molecule has 0 bridgehead atoms. The van der Waals surface area contributed by atoms with E-state index in [0.29, 0.717) is 17.1 Å². The zero-order valence-corrected chi connectivity index (χ0v) is 8.40. The van der Waals surface area contributed by atoms with Crippen molar-refractivity contribution in [2.45, 2.75) is 12.5 Å². The third-order valence-electron chi connectivity index (χ3n) is 2.40. The highest BCUT2D eigenvalue weighted by Gasteiger charge is 2.26. The second-order valence-electron chi connectivity index (χ2n) is 3.41. The van der Waals surface area contributed by atoms with Gasteiger partial charge in [0.15, 0.2) is 5.78 Å². The Kier molecular flexibility index (Phi) is 2.60. The molecule has 0 aliphatic carbocycles. The average molecular weight is 208 g/mol. The molecule has 0 radical (unpaired) electrons. The van der Waals surface area contributed by atoms with Crippen molar-refractivity contribution in [1.82, 2.24) is 0 Å². The summed E-state index contributed by atoms with van der Waals surface area (Å²) in [6.07, 6.45) is -0.201. The smallest absolute Gasteiger partial charge is 0.170 e. The van der Waals surface area contributed by atoms with E-state index in [2.05, 4.69) is 0 Å². The number of Topliss-reactive ketones (excluding diaryl/α,β-unsaturated/α-hetero) is 1. The summed E-state index contributed by atoms with van der Waals surface area (Å²) >= 11 is 0. The lowest BCUT2D eigenvalue weighted by Gasteiger charge is -2.23. The number of aliphatic hydroxyl groups is 1. The van der Waals surface area contributed by atoms with Crippen LogP contribution in [0.5, 0.6) is 11.5 Å². The molecule has 1 aromatic carbocycles. The zero-order valence-electron chi connectivity index (χ0n) is 8.40. The Morgan fingerprint density at radius 1 is 1.60 bits per heavy atom. The number of hydrogen-bond donors (Lipinski definition) is 1. The van der Waals surface area contributed by atoms with E-state index in [9.17, 15) is 4.79 Å². The predicted molar refractivity (Wildman–Crippen MR) is 53.4 cm³/mol. The van der Waals surface area contributed by atoms with E-state index >= 15 is 0 Å². The van der Waals surface area contributed by atoms with Crippen LogP contribution in [-0.4, -0.2) is 30.7 Å². The largest absolute Gasteiger partial charge is 0.497 e. The molecular weight excluding hydrogens is 196 g/mol. The molecule has 0 spiro atoms. The Morgan fingerprint density at radius 3 is 3.07 bits per heavy atom. The minimum atomic E-state index is -0.433. The zero-order chi connectivity index (χ0) is 10.8. The highest BCUT2D eigenvalue weighted by Crippen LogP contribution is 2.30. The number of benzene rings is 1. The molecule has 1 N–H and O–H groups in total. The van der Waals surface area contributed by atoms with E-state index in [4.69, 9.17) is 14.6 Å². The van der Waals surface area contributed by atoms with Crippen LogP contribution >= 0.6 is 0 Å². The van der Waals surface area contributed by atoms with Crippen LogP contribution in [0.3, 0.4) is 0 Å². The fourth-order valence-electron chi connectivity index (χ4n) is 1.60. The van der Waals surface area contributed by atoms with Crippen molar-refractivity contribution in [3.63, 3.8) is 0 Å². The van der Waals surface area contributed by atoms with Crippen LogP contribution in [0.15, 0.2) is 18.2 Å². The number of ketones is 1. The predicted octanol–water partition coefficient (Wildman–Crippen LogP) is 1.02. The first-order valence-electron chi connectivity index (χ1n) is 4.73. The number of rotatable bonds is 2. The normalized spacial score (nSPS) is 19.3. The second kappa shape index (κ2) is 3.90. The Morgan fingerprint density at radius 2 is 2.40 bits per heavy atom. The lowest BCUT2D eigenvalue weighted by atomic mass is 10.0. The van der Waals surface area contributed by atoms with Crippen molar-refractivity contribution in [1.29, 1.82) is 0 Å². The monoisotopic (exact) mass is 208 g/mol. The van der Waals surface area contributed by atoms with Crippen LogP contribution in [0.1, 0.15) is 16.8 Å². The molecule has 2 rings (SSSR count). The molecule has 1 atom stereocenters. The van der Waals surface area contributed by atoms with Crippen molar-refractivity contribution >= 4 is 5.78 Å². The first kappa shape index (κ1) is 9.98. The summed E-state index contributed by atoms with van der Waals surface area (Å²) < 4.78 is 10.5. The molecule has 0 saturated carbocycles. The number of ether oxygens (including phenoxy) is 2. The van der Waals surface area contributed by atoms with Crippen molar-refractivity contribution in [3.8, 4) is 11.5 Å². The maximum Gasteiger partial charge on any atom is 0.170 e. The summed E-state index contributed by atoms with van der Waals surface area (Å²) in [7, 11) is 1.55. The number of hydrogen-bond acceptors (Lipinski definition) is 4. The van der Waals surface area contributed by atoms with Crippen molar-refractivity contribution in [2.75, 3.05) is 13.7 Å².